The molecule has 11 heteroatoms. The van der Waals surface area contributed by atoms with E-state index in [0.29, 0.717) is 16.1 Å². The Morgan fingerprint density at radius 1 is 1.03 bits per heavy atom. The van der Waals surface area contributed by atoms with Gasteiger partial charge >= 0.3 is 5.97 Å². The molecule has 2 saturated heterocycles. The Labute approximate surface area is 220 Å². The summed E-state index contributed by atoms with van der Waals surface area (Å²) in [6, 6.07) is 17.7. The molecule has 0 aliphatic carbocycles. The van der Waals surface area contributed by atoms with Gasteiger partial charge in [0.15, 0.2) is 0 Å². The lowest BCUT2D eigenvalue weighted by atomic mass is 9.76. The van der Waals surface area contributed by atoms with Gasteiger partial charge in [0.2, 0.25) is 11.8 Å². The summed E-state index contributed by atoms with van der Waals surface area (Å²) in [6.07, 6.45) is -0.0744. The third kappa shape index (κ3) is 4.05. The zero-order chi connectivity index (χ0) is 26.5. The molecule has 2 fully saturated rings. The number of carbonyl (C=O) groups excluding carboxylic acids is 2. The second-order valence-electron chi connectivity index (χ2n) is 9.02. The van der Waals surface area contributed by atoms with Gasteiger partial charge in [0.05, 0.1) is 27.5 Å². The highest BCUT2D eigenvalue weighted by atomic mass is 35.5. The van der Waals surface area contributed by atoms with E-state index in [2.05, 4.69) is 5.32 Å². The number of anilines is 1. The number of nitro benzene ring substituents is 1. The van der Waals surface area contributed by atoms with Gasteiger partial charge in [-0.05, 0) is 29.3 Å². The van der Waals surface area contributed by atoms with Crippen molar-refractivity contribution in [2.24, 2.45) is 11.8 Å². The number of carboxylic acids is 1. The number of benzene rings is 3. The van der Waals surface area contributed by atoms with Crippen LogP contribution in [0, 0.1) is 22.0 Å². The summed E-state index contributed by atoms with van der Waals surface area (Å²) in [7, 11) is 0. The molecule has 0 radical (unpaired) electrons. The first-order chi connectivity index (χ1) is 17.6. The molecule has 2 aliphatic heterocycles. The van der Waals surface area contributed by atoms with Gasteiger partial charge in [-0.3, -0.25) is 29.8 Å². The monoisotopic (exact) mass is 539 g/mol. The van der Waals surface area contributed by atoms with Gasteiger partial charge in [0.1, 0.15) is 5.54 Å². The number of amides is 2. The van der Waals surface area contributed by atoms with Crippen LogP contribution in [0.2, 0.25) is 10.0 Å². The van der Waals surface area contributed by atoms with Crippen LogP contribution in [0.15, 0.2) is 72.8 Å². The maximum absolute atomic E-state index is 13.9. The number of aliphatic carboxylic acids is 1. The molecule has 5 rings (SSSR count). The Morgan fingerprint density at radius 3 is 2.30 bits per heavy atom. The molecule has 4 atom stereocenters. The Morgan fingerprint density at radius 2 is 1.70 bits per heavy atom. The molecule has 2 aliphatic rings. The van der Waals surface area contributed by atoms with E-state index < -0.39 is 46.1 Å². The number of nitro groups is 1. The van der Waals surface area contributed by atoms with E-state index in [9.17, 15) is 29.6 Å². The van der Waals surface area contributed by atoms with E-state index in [1.165, 1.54) is 42.5 Å². The number of imide groups is 1. The van der Waals surface area contributed by atoms with Crippen molar-refractivity contribution in [3.05, 3.63) is 104 Å². The van der Waals surface area contributed by atoms with Crippen LogP contribution >= 0.6 is 23.2 Å². The predicted octanol–water partition coefficient (Wildman–Crippen LogP) is 4.42. The lowest BCUT2D eigenvalue weighted by molar-refractivity contribution is -0.384. The molecular formula is C26H19Cl2N3O6. The standard InChI is InChI=1S/C26H19Cl2N3O6/c27-16-8-11-19(18(28)12-16)30-23(32)20-21(24(30)33)26(25(34)35,13-14-4-2-1-3-5-14)29-22(20)15-6-9-17(10-7-15)31(36)37/h1-12,20-22,29H,13H2,(H,34,35)/t20-,21-,22-,26+/m0/s1. The zero-order valence-corrected chi connectivity index (χ0v) is 20.5. The van der Waals surface area contributed by atoms with Crippen LogP contribution in [0.25, 0.3) is 0 Å². The minimum atomic E-state index is -1.83. The van der Waals surface area contributed by atoms with Gasteiger partial charge in [-0.2, -0.15) is 0 Å². The number of carbonyl (C=O) groups is 3. The number of non-ortho nitro benzene ring substituents is 1. The van der Waals surface area contributed by atoms with Crippen LogP contribution in [0.3, 0.4) is 0 Å². The molecule has 0 unspecified atom stereocenters. The normalized spacial score (nSPS) is 24.8. The lowest BCUT2D eigenvalue weighted by Gasteiger charge is -2.31. The van der Waals surface area contributed by atoms with E-state index in [-0.39, 0.29) is 22.8 Å². The van der Waals surface area contributed by atoms with Crippen molar-refractivity contribution in [1.29, 1.82) is 0 Å². The van der Waals surface area contributed by atoms with Crippen LogP contribution < -0.4 is 10.2 Å². The SMILES string of the molecule is O=C1[C@H]2[C@@H](C(=O)N1c1ccc(Cl)cc1Cl)[C@](Cc1ccccc1)(C(=O)O)N[C@H]2c1ccc([N+](=O)[O-])cc1. The summed E-state index contributed by atoms with van der Waals surface area (Å²) in [5.41, 5.74) is -0.781. The van der Waals surface area contributed by atoms with E-state index in [1.807, 2.05) is 0 Å². The summed E-state index contributed by atoms with van der Waals surface area (Å²) in [5.74, 6) is -4.98. The molecule has 37 heavy (non-hydrogen) atoms. The Balaban J connectivity index is 1.66. The number of fused-ring (bicyclic) bond motifs is 1. The quantitative estimate of drug-likeness (QED) is 0.269. The Bertz CT molecular complexity index is 1430. The molecule has 2 amide bonds. The first-order valence-corrected chi connectivity index (χ1v) is 12.0. The van der Waals surface area contributed by atoms with Crippen LogP contribution in [-0.2, 0) is 20.8 Å². The molecule has 9 nitrogen and oxygen atoms in total. The fourth-order valence-electron chi connectivity index (χ4n) is 5.35. The van der Waals surface area contributed by atoms with Crippen molar-refractivity contribution in [1.82, 2.24) is 5.32 Å². The second-order valence-corrected chi connectivity index (χ2v) is 9.86. The van der Waals surface area contributed by atoms with Crippen molar-refractivity contribution in [3.8, 4) is 0 Å². The number of hydrogen-bond donors (Lipinski definition) is 2. The number of nitrogens with zero attached hydrogens (tertiary/aromatic N) is 2. The van der Waals surface area contributed by atoms with E-state index in [4.69, 9.17) is 23.2 Å². The first kappa shape index (κ1) is 24.9. The van der Waals surface area contributed by atoms with Gasteiger partial charge in [-0.1, -0.05) is 65.7 Å². The fourth-order valence-corrected chi connectivity index (χ4v) is 5.84. The number of halogens is 2. The van der Waals surface area contributed by atoms with Crippen molar-refractivity contribution in [2.75, 3.05) is 4.90 Å². The van der Waals surface area contributed by atoms with Gasteiger partial charge in [-0.15, -0.1) is 0 Å². The van der Waals surface area contributed by atoms with Gasteiger partial charge in [0, 0.05) is 29.6 Å². The molecule has 0 saturated carbocycles. The Hall–Kier alpha value is -3.79. The Kier molecular flexibility index (Phi) is 6.23. The molecule has 0 bridgehead atoms. The first-order valence-electron chi connectivity index (χ1n) is 11.3. The highest BCUT2D eigenvalue weighted by Gasteiger charge is 2.68. The van der Waals surface area contributed by atoms with Crippen LogP contribution in [0.1, 0.15) is 17.2 Å². The van der Waals surface area contributed by atoms with Crippen molar-refractivity contribution in [3.63, 3.8) is 0 Å². The molecule has 2 N–H and O–H groups in total. The van der Waals surface area contributed by atoms with Crippen LogP contribution in [0.4, 0.5) is 11.4 Å². The number of nitrogens with one attached hydrogen (secondary N) is 1. The third-order valence-electron chi connectivity index (χ3n) is 6.98. The van der Waals surface area contributed by atoms with Gasteiger partial charge in [-0.25, -0.2) is 4.90 Å². The molecule has 0 aromatic heterocycles. The molecule has 3 aromatic carbocycles. The minimum Gasteiger partial charge on any atom is -0.480 e. The summed E-state index contributed by atoms with van der Waals surface area (Å²) < 4.78 is 0. The summed E-state index contributed by atoms with van der Waals surface area (Å²) in [5, 5.41) is 25.1. The average Bonchev–Trinajstić information content (AvgIpc) is 3.34. The maximum Gasteiger partial charge on any atom is 0.325 e. The molecule has 0 spiro atoms. The largest absolute Gasteiger partial charge is 0.480 e. The van der Waals surface area contributed by atoms with Crippen molar-refractivity contribution < 1.29 is 24.4 Å². The summed E-state index contributed by atoms with van der Waals surface area (Å²) >= 11 is 12.3. The summed E-state index contributed by atoms with van der Waals surface area (Å²) in [4.78, 5) is 52.2. The maximum atomic E-state index is 13.9. The van der Waals surface area contributed by atoms with Gasteiger partial charge < -0.3 is 5.11 Å². The topological polar surface area (TPSA) is 130 Å². The fraction of sp³-hybridized carbons (Fsp3) is 0.192. The lowest BCUT2D eigenvalue weighted by Crippen LogP contribution is -2.57. The highest BCUT2D eigenvalue weighted by Crippen LogP contribution is 2.51. The predicted molar refractivity (Wildman–Crippen MR) is 135 cm³/mol. The third-order valence-corrected chi connectivity index (χ3v) is 7.51. The number of carboxylic acid groups (broad SMARTS) is 1. The number of rotatable bonds is 6. The molecule has 3 aromatic rings. The van der Waals surface area contributed by atoms with Gasteiger partial charge in [0.25, 0.3) is 5.69 Å². The minimum absolute atomic E-state index is 0.0676. The van der Waals surface area contributed by atoms with E-state index >= 15 is 0 Å². The molecule has 188 valence electrons. The second kappa shape index (κ2) is 9.26. The van der Waals surface area contributed by atoms with E-state index in [0.717, 1.165) is 4.90 Å². The smallest absolute Gasteiger partial charge is 0.325 e. The number of hydrogen-bond acceptors (Lipinski definition) is 6. The zero-order valence-electron chi connectivity index (χ0n) is 19.0. The van der Waals surface area contributed by atoms with Crippen molar-refractivity contribution >= 4 is 52.4 Å². The van der Waals surface area contributed by atoms with Crippen LogP contribution in [-0.4, -0.2) is 33.4 Å². The molecule has 2 heterocycles. The molecular weight excluding hydrogens is 521 g/mol. The van der Waals surface area contributed by atoms with Crippen molar-refractivity contribution in [2.45, 2.75) is 18.0 Å². The highest BCUT2D eigenvalue weighted by molar-refractivity contribution is 6.38. The van der Waals surface area contributed by atoms with Crippen LogP contribution in [0.5, 0.6) is 0 Å². The summed E-state index contributed by atoms with van der Waals surface area (Å²) in [6.45, 7) is 0. The average molecular weight is 540 g/mol. The van der Waals surface area contributed by atoms with E-state index in [1.54, 1.807) is 30.3 Å².